The van der Waals surface area contributed by atoms with Crippen molar-refractivity contribution in [3.8, 4) is 0 Å². The molecule has 0 spiro atoms. The summed E-state index contributed by atoms with van der Waals surface area (Å²) in [7, 11) is 0. The summed E-state index contributed by atoms with van der Waals surface area (Å²) in [6.07, 6.45) is 3.12. The highest BCUT2D eigenvalue weighted by Gasteiger charge is 2.26. The molecule has 1 aromatic rings. The van der Waals surface area contributed by atoms with E-state index in [0.717, 1.165) is 29.7 Å². The van der Waals surface area contributed by atoms with Crippen LogP contribution < -0.4 is 16.0 Å². The van der Waals surface area contributed by atoms with E-state index < -0.39 is 5.60 Å². The number of rotatable bonds is 2. The Kier molecular flexibility index (Phi) is 5.10. The maximum Gasteiger partial charge on any atom is 0.407 e. The Hall–Kier alpha value is -1.57. The Morgan fingerprint density at radius 1 is 1.55 bits per heavy atom. The number of carbonyl (C=O) groups is 1. The van der Waals surface area contributed by atoms with Gasteiger partial charge in [0, 0.05) is 25.3 Å². The molecule has 1 amide bonds. The lowest BCUT2D eigenvalue weighted by Crippen LogP contribution is -2.49. The smallest absolute Gasteiger partial charge is 0.407 e. The summed E-state index contributed by atoms with van der Waals surface area (Å²) in [5.41, 5.74) is 5.16. The number of anilines is 2. The highest BCUT2D eigenvalue weighted by molar-refractivity contribution is 9.10. The van der Waals surface area contributed by atoms with Crippen LogP contribution >= 0.6 is 15.9 Å². The molecular formula is C14H22BrN5O2. The van der Waals surface area contributed by atoms with E-state index in [-0.39, 0.29) is 18.1 Å². The van der Waals surface area contributed by atoms with Gasteiger partial charge in [0.05, 0.1) is 4.47 Å². The minimum atomic E-state index is -0.497. The number of aromatic nitrogens is 2. The first-order chi connectivity index (χ1) is 10.2. The molecule has 22 heavy (non-hydrogen) atoms. The lowest BCUT2D eigenvalue weighted by Gasteiger charge is -2.34. The van der Waals surface area contributed by atoms with Gasteiger partial charge in [-0.2, -0.15) is 4.98 Å². The SMILES string of the molecule is CC(C)(C)OC(=O)NC1CCCN(c2nc(N)ncc2Br)C1. The summed E-state index contributed by atoms with van der Waals surface area (Å²) in [5.74, 6) is 0.989. The second-order valence-electron chi connectivity index (χ2n) is 6.33. The van der Waals surface area contributed by atoms with Gasteiger partial charge in [-0.25, -0.2) is 9.78 Å². The fraction of sp³-hybridized carbons (Fsp3) is 0.643. The number of nitrogen functional groups attached to an aromatic ring is 1. The van der Waals surface area contributed by atoms with E-state index >= 15 is 0 Å². The zero-order valence-electron chi connectivity index (χ0n) is 13.1. The van der Waals surface area contributed by atoms with Gasteiger partial charge in [-0.05, 0) is 49.5 Å². The van der Waals surface area contributed by atoms with Crippen molar-refractivity contribution in [1.29, 1.82) is 0 Å². The molecule has 1 unspecified atom stereocenters. The summed E-state index contributed by atoms with van der Waals surface area (Å²) in [5, 5.41) is 2.92. The van der Waals surface area contributed by atoms with Crippen molar-refractivity contribution >= 4 is 33.8 Å². The van der Waals surface area contributed by atoms with Crippen LogP contribution in [0.1, 0.15) is 33.6 Å². The second-order valence-corrected chi connectivity index (χ2v) is 7.19. The minimum Gasteiger partial charge on any atom is -0.444 e. The number of nitrogens with zero attached hydrogens (tertiary/aromatic N) is 3. The van der Waals surface area contributed by atoms with Crippen molar-refractivity contribution in [3.05, 3.63) is 10.7 Å². The molecule has 3 N–H and O–H groups in total. The molecule has 1 aliphatic rings. The molecule has 0 aliphatic carbocycles. The molecular weight excluding hydrogens is 350 g/mol. The molecule has 0 radical (unpaired) electrons. The summed E-state index contributed by atoms with van der Waals surface area (Å²) < 4.78 is 6.09. The number of nitrogens with two attached hydrogens (primary N) is 1. The van der Waals surface area contributed by atoms with Gasteiger partial charge in [0.25, 0.3) is 0 Å². The predicted octanol–water partition coefficient (Wildman–Crippen LogP) is 2.31. The Morgan fingerprint density at radius 2 is 2.27 bits per heavy atom. The number of carbonyl (C=O) groups excluding carboxylic acids is 1. The van der Waals surface area contributed by atoms with Crippen LogP contribution in [-0.2, 0) is 4.74 Å². The van der Waals surface area contributed by atoms with Crippen molar-refractivity contribution < 1.29 is 9.53 Å². The molecule has 7 nitrogen and oxygen atoms in total. The zero-order chi connectivity index (χ0) is 16.3. The molecule has 8 heteroatoms. The molecule has 0 saturated carbocycles. The van der Waals surface area contributed by atoms with Crippen molar-refractivity contribution in [1.82, 2.24) is 15.3 Å². The molecule has 1 atom stereocenters. The fourth-order valence-corrected chi connectivity index (χ4v) is 2.80. The van der Waals surface area contributed by atoms with Gasteiger partial charge < -0.3 is 20.7 Å². The zero-order valence-corrected chi connectivity index (χ0v) is 14.7. The largest absolute Gasteiger partial charge is 0.444 e. The Balaban J connectivity index is 2.00. The number of alkyl carbamates (subject to hydrolysis) is 1. The van der Waals surface area contributed by atoms with E-state index in [1.165, 1.54) is 0 Å². The summed E-state index contributed by atoms with van der Waals surface area (Å²) in [6.45, 7) is 7.07. The standard InChI is InChI=1S/C14H22BrN5O2/c1-14(2,3)22-13(21)18-9-5-4-6-20(8-9)11-10(15)7-17-12(16)19-11/h7,9H,4-6,8H2,1-3H3,(H,18,21)(H2,16,17,19). The van der Waals surface area contributed by atoms with Crippen molar-refractivity contribution in [3.63, 3.8) is 0 Å². The van der Waals surface area contributed by atoms with E-state index in [4.69, 9.17) is 10.5 Å². The van der Waals surface area contributed by atoms with Gasteiger partial charge in [0.1, 0.15) is 11.4 Å². The molecule has 2 heterocycles. The van der Waals surface area contributed by atoms with Crippen LogP contribution in [-0.4, -0.2) is 40.8 Å². The van der Waals surface area contributed by atoms with Crippen LogP contribution in [0.2, 0.25) is 0 Å². The van der Waals surface area contributed by atoms with Gasteiger partial charge in [-0.3, -0.25) is 0 Å². The van der Waals surface area contributed by atoms with E-state index in [1.807, 2.05) is 20.8 Å². The summed E-state index contributed by atoms with van der Waals surface area (Å²) in [4.78, 5) is 22.2. The summed E-state index contributed by atoms with van der Waals surface area (Å²) in [6, 6.07) is 0.0201. The van der Waals surface area contributed by atoms with Crippen LogP contribution in [0.5, 0.6) is 0 Å². The third-order valence-electron chi connectivity index (χ3n) is 3.19. The first-order valence-corrected chi connectivity index (χ1v) is 8.06. The van der Waals surface area contributed by atoms with Gasteiger partial charge in [-0.1, -0.05) is 0 Å². The Morgan fingerprint density at radius 3 is 2.95 bits per heavy atom. The first kappa shape index (κ1) is 16.8. The van der Waals surface area contributed by atoms with Gasteiger partial charge in [0.15, 0.2) is 0 Å². The summed E-state index contributed by atoms with van der Waals surface area (Å²) >= 11 is 3.44. The molecule has 1 aromatic heterocycles. The average Bonchev–Trinajstić information content (AvgIpc) is 2.39. The maximum atomic E-state index is 11.9. The molecule has 122 valence electrons. The topological polar surface area (TPSA) is 93.4 Å². The first-order valence-electron chi connectivity index (χ1n) is 7.27. The monoisotopic (exact) mass is 371 g/mol. The van der Waals surface area contributed by atoms with Crippen molar-refractivity contribution in [2.24, 2.45) is 0 Å². The number of piperidine rings is 1. The predicted molar refractivity (Wildman–Crippen MR) is 88.7 cm³/mol. The number of nitrogens with one attached hydrogen (secondary N) is 1. The van der Waals surface area contributed by atoms with Gasteiger partial charge in [-0.15, -0.1) is 0 Å². The van der Waals surface area contributed by atoms with E-state index in [2.05, 4.69) is 36.1 Å². The quantitative estimate of drug-likeness (QED) is 0.828. The van der Waals surface area contributed by atoms with Crippen molar-refractivity contribution in [2.45, 2.75) is 45.3 Å². The van der Waals surface area contributed by atoms with E-state index in [9.17, 15) is 4.79 Å². The minimum absolute atomic E-state index is 0.0201. The second kappa shape index (κ2) is 6.68. The molecule has 0 bridgehead atoms. The third-order valence-corrected chi connectivity index (χ3v) is 3.75. The van der Waals surface area contributed by atoms with Gasteiger partial charge >= 0.3 is 6.09 Å². The maximum absolute atomic E-state index is 11.9. The van der Waals surface area contributed by atoms with Crippen molar-refractivity contribution in [2.75, 3.05) is 23.7 Å². The molecule has 1 fully saturated rings. The number of amides is 1. The molecule has 1 aliphatic heterocycles. The van der Waals surface area contributed by atoms with Crippen LogP contribution in [0.3, 0.4) is 0 Å². The lowest BCUT2D eigenvalue weighted by atomic mass is 10.1. The third kappa shape index (κ3) is 4.72. The van der Waals surface area contributed by atoms with Crippen LogP contribution in [0, 0.1) is 0 Å². The number of ether oxygens (including phenoxy) is 1. The van der Waals surface area contributed by atoms with E-state index in [1.54, 1.807) is 6.20 Å². The normalized spacial score (nSPS) is 18.9. The molecule has 1 saturated heterocycles. The number of halogens is 1. The molecule has 2 rings (SSSR count). The van der Waals surface area contributed by atoms with Crippen LogP contribution in [0.25, 0.3) is 0 Å². The van der Waals surface area contributed by atoms with E-state index in [0.29, 0.717) is 6.54 Å². The number of hydrogen-bond donors (Lipinski definition) is 2. The fourth-order valence-electron chi connectivity index (χ4n) is 2.35. The Bertz CT molecular complexity index is 547. The number of hydrogen-bond acceptors (Lipinski definition) is 6. The average molecular weight is 372 g/mol. The Labute approximate surface area is 138 Å². The lowest BCUT2D eigenvalue weighted by molar-refractivity contribution is 0.0500. The highest BCUT2D eigenvalue weighted by Crippen LogP contribution is 2.26. The highest BCUT2D eigenvalue weighted by atomic mass is 79.9. The molecule has 0 aromatic carbocycles. The van der Waals surface area contributed by atoms with Crippen LogP contribution in [0.4, 0.5) is 16.6 Å². The van der Waals surface area contributed by atoms with Crippen LogP contribution in [0.15, 0.2) is 10.7 Å². The van der Waals surface area contributed by atoms with Gasteiger partial charge in [0.2, 0.25) is 5.95 Å².